The van der Waals surface area contributed by atoms with Crippen LogP contribution < -0.4 is 16.0 Å². The number of para-hydroxylation sites is 2. The molecule has 4 rings (SSSR count). The van der Waals surface area contributed by atoms with Gasteiger partial charge in [-0.15, -0.1) is 0 Å². The highest BCUT2D eigenvalue weighted by Gasteiger charge is 2.40. The van der Waals surface area contributed by atoms with Crippen molar-refractivity contribution in [1.29, 1.82) is 0 Å². The zero-order chi connectivity index (χ0) is 20.7. The number of phenolic OH excluding ortho intramolecular Hbond substituents is 1. The topological polar surface area (TPSA) is 104 Å². The predicted molar refractivity (Wildman–Crippen MR) is 108 cm³/mol. The molecule has 0 aliphatic carbocycles. The lowest BCUT2D eigenvalue weighted by Crippen LogP contribution is -2.34. The van der Waals surface area contributed by atoms with E-state index >= 15 is 0 Å². The van der Waals surface area contributed by atoms with Gasteiger partial charge in [0.15, 0.2) is 0 Å². The molecule has 7 nitrogen and oxygen atoms in total. The molecular formula is C22H20N2O5. The second-order valence-electron chi connectivity index (χ2n) is 6.72. The third-order valence-electron chi connectivity index (χ3n) is 5.09. The van der Waals surface area contributed by atoms with Crippen molar-refractivity contribution in [2.75, 3.05) is 6.61 Å². The van der Waals surface area contributed by atoms with Gasteiger partial charge in [-0.1, -0.05) is 30.3 Å². The zero-order valence-corrected chi connectivity index (χ0v) is 16.0. The molecule has 1 atom stereocenters. The number of phenols is 1. The monoisotopic (exact) mass is 392 g/mol. The minimum absolute atomic E-state index is 0.00627. The van der Waals surface area contributed by atoms with E-state index in [0.29, 0.717) is 16.5 Å². The summed E-state index contributed by atoms with van der Waals surface area (Å²) < 4.78 is 12.5. The fourth-order valence-corrected chi connectivity index (χ4v) is 3.78. The number of esters is 1. The molecule has 29 heavy (non-hydrogen) atoms. The Hall–Kier alpha value is -3.74. The number of ether oxygens (including phenoxy) is 2. The van der Waals surface area contributed by atoms with E-state index in [-0.39, 0.29) is 40.7 Å². The summed E-state index contributed by atoms with van der Waals surface area (Å²) in [6.07, 6.45) is 0. The van der Waals surface area contributed by atoms with Crippen molar-refractivity contribution in [2.24, 2.45) is 12.8 Å². The van der Waals surface area contributed by atoms with Crippen LogP contribution in [0.25, 0.3) is 10.9 Å². The van der Waals surface area contributed by atoms with Crippen LogP contribution >= 0.6 is 0 Å². The van der Waals surface area contributed by atoms with E-state index < -0.39 is 11.9 Å². The molecule has 148 valence electrons. The highest BCUT2D eigenvalue weighted by atomic mass is 16.5. The Morgan fingerprint density at radius 1 is 1.21 bits per heavy atom. The van der Waals surface area contributed by atoms with Gasteiger partial charge in [-0.3, -0.25) is 4.79 Å². The van der Waals surface area contributed by atoms with Gasteiger partial charge in [0.2, 0.25) is 5.88 Å². The largest absolute Gasteiger partial charge is 0.508 e. The number of aromatic hydroxyl groups is 1. The van der Waals surface area contributed by atoms with Crippen LogP contribution in [0.1, 0.15) is 24.0 Å². The predicted octanol–water partition coefficient (Wildman–Crippen LogP) is 2.50. The Morgan fingerprint density at radius 2 is 1.90 bits per heavy atom. The first kappa shape index (κ1) is 18.6. The summed E-state index contributed by atoms with van der Waals surface area (Å²) >= 11 is 0. The lowest BCUT2D eigenvalue weighted by atomic mass is 9.82. The highest BCUT2D eigenvalue weighted by Crippen LogP contribution is 2.45. The van der Waals surface area contributed by atoms with Crippen LogP contribution in [-0.2, 0) is 16.6 Å². The van der Waals surface area contributed by atoms with E-state index in [4.69, 9.17) is 15.2 Å². The smallest absolute Gasteiger partial charge is 0.340 e. The normalized spacial score (nSPS) is 15.7. The maximum absolute atomic E-state index is 13.3. The minimum Gasteiger partial charge on any atom is -0.508 e. The molecule has 0 saturated carbocycles. The number of fused-ring (bicyclic) bond motifs is 3. The highest BCUT2D eigenvalue weighted by molar-refractivity contribution is 5.95. The number of nitrogens with zero attached hydrogens (tertiary/aromatic N) is 1. The summed E-state index contributed by atoms with van der Waals surface area (Å²) in [6, 6.07) is 13.8. The molecule has 1 aliphatic rings. The van der Waals surface area contributed by atoms with Gasteiger partial charge in [-0.2, -0.15) is 0 Å². The number of aryl methyl sites for hydroxylation is 1. The number of benzene rings is 2. The summed E-state index contributed by atoms with van der Waals surface area (Å²) in [7, 11) is 1.65. The second-order valence-corrected chi connectivity index (χ2v) is 6.72. The first-order valence-corrected chi connectivity index (χ1v) is 9.19. The van der Waals surface area contributed by atoms with Crippen LogP contribution in [0.4, 0.5) is 0 Å². The van der Waals surface area contributed by atoms with Crippen molar-refractivity contribution in [1.82, 2.24) is 4.57 Å². The van der Waals surface area contributed by atoms with E-state index in [1.54, 1.807) is 38.2 Å². The summed E-state index contributed by atoms with van der Waals surface area (Å²) in [4.78, 5) is 26.1. The molecule has 2 heterocycles. The van der Waals surface area contributed by atoms with Gasteiger partial charge in [0.1, 0.15) is 17.1 Å². The third kappa shape index (κ3) is 2.82. The average molecular weight is 392 g/mol. The first-order chi connectivity index (χ1) is 14.0. The van der Waals surface area contributed by atoms with Crippen molar-refractivity contribution >= 4 is 16.9 Å². The maximum Gasteiger partial charge on any atom is 0.340 e. The lowest BCUT2D eigenvalue weighted by molar-refractivity contribution is -0.139. The van der Waals surface area contributed by atoms with Crippen LogP contribution in [0.15, 0.2) is 64.8 Å². The number of hydrogen-bond donors (Lipinski definition) is 2. The number of pyridine rings is 1. The van der Waals surface area contributed by atoms with Gasteiger partial charge in [-0.05, 0) is 25.1 Å². The molecular weight excluding hydrogens is 372 g/mol. The number of aromatic nitrogens is 1. The molecule has 0 radical (unpaired) electrons. The Balaban J connectivity index is 2.11. The molecule has 1 aliphatic heterocycles. The number of carbonyl (C=O) groups is 1. The fraction of sp³-hybridized carbons (Fsp3) is 0.182. The molecule has 3 N–H and O–H groups in total. The van der Waals surface area contributed by atoms with Gasteiger partial charge >= 0.3 is 5.97 Å². The molecule has 1 unspecified atom stereocenters. The van der Waals surface area contributed by atoms with Crippen LogP contribution in [0.5, 0.6) is 11.5 Å². The fourth-order valence-electron chi connectivity index (χ4n) is 3.78. The maximum atomic E-state index is 13.3. The van der Waals surface area contributed by atoms with Crippen molar-refractivity contribution in [2.45, 2.75) is 12.8 Å². The van der Waals surface area contributed by atoms with E-state index in [2.05, 4.69) is 0 Å². The SMILES string of the molecule is CCOC(=O)C1=C(N)Oc2c(c(=O)n(C)c3ccccc23)C1c1ccccc1O. The lowest BCUT2D eigenvalue weighted by Gasteiger charge is -2.29. The summed E-state index contributed by atoms with van der Waals surface area (Å²) in [5.41, 5.74) is 7.06. The van der Waals surface area contributed by atoms with E-state index in [1.165, 1.54) is 10.6 Å². The van der Waals surface area contributed by atoms with Crippen molar-refractivity contribution < 1.29 is 19.4 Å². The minimum atomic E-state index is -0.928. The van der Waals surface area contributed by atoms with Gasteiger partial charge in [0.05, 0.1) is 23.6 Å². The second kappa shape index (κ2) is 7.01. The number of nitrogens with two attached hydrogens (primary N) is 1. The third-order valence-corrected chi connectivity index (χ3v) is 5.09. The van der Waals surface area contributed by atoms with Crippen molar-refractivity contribution in [3.8, 4) is 11.5 Å². The van der Waals surface area contributed by atoms with Crippen LogP contribution in [0.3, 0.4) is 0 Å². The summed E-state index contributed by atoms with van der Waals surface area (Å²) in [5, 5.41) is 11.2. The molecule has 0 bridgehead atoms. The standard InChI is InChI=1S/C22H20N2O5/c1-3-28-22(27)18-16(13-9-5-7-11-15(13)25)17-19(29-20(18)23)12-8-4-6-10-14(12)24(2)21(17)26/h4-11,16,25H,3,23H2,1-2H3. The molecule has 2 aromatic carbocycles. The Morgan fingerprint density at radius 3 is 2.62 bits per heavy atom. The molecule has 3 aromatic rings. The van der Waals surface area contributed by atoms with Crippen LogP contribution in [-0.4, -0.2) is 22.2 Å². The summed E-state index contributed by atoms with van der Waals surface area (Å²) in [6.45, 7) is 1.81. The van der Waals surface area contributed by atoms with Crippen molar-refractivity contribution in [3.05, 3.63) is 81.5 Å². The van der Waals surface area contributed by atoms with Gasteiger partial charge in [-0.25, -0.2) is 4.79 Å². The summed E-state index contributed by atoms with van der Waals surface area (Å²) in [5.74, 6) is -1.55. The Kier molecular flexibility index (Phi) is 4.50. The van der Waals surface area contributed by atoms with Crippen LogP contribution in [0.2, 0.25) is 0 Å². The van der Waals surface area contributed by atoms with E-state index in [0.717, 1.165) is 0 Å². The average Bonchev–Trinajstić information content (AvgIpc) is 2.71. The van der Waals surface area contributed by atoms with Crippen LogP contribution in [0, 0.1) is 0 Å². The number of hydrogen-bond acceptors (Lipinski definition) is 6. The molecule has 0 saturated heterocycles. The molecule has 7 heteroatoms. The molecule has 0 spiro atoms. The van der Waals surface area contributed by atoms with Gasteiger partial charge in [0.25, 0.3) is 5.56 Å². The number of rotatable bonds is 3. The van der Waals surface area contributed by atoms with Crippen molar-refractivity contribution in [3.63, 3.8) is 0 Å². The first-order valence-electron chi connectivity index (χ1n) is 9.19. The van der Waals surface area contributed by atoms with Gasteiger partial charge in [0, 0.05) is 18.0 Å². The van der Waals surface area contributed by atoms with E-state index in [1.807, 2.05) is 18.2 Å². The Labute approximate surface area is 166 Å². The quantitative estimate of drug-likeness (QED) is 0.664. The zero-order valence-electron chi connectivity index (χ0n) is 16.0. The molecule has 0 amide bonds. The molecule has 0 fully saturated rings. The Bertz CT molecular complexity index is 1230. The molecule has 1 aromatic heterocycles. The van der Waals surface area contributed by atoms with Gasteiger partial charge < -0.3 is 24.9 Å². The number of carbonyl (C=O) groups excluding carboxylic acids is 1. The van der Waals surface area contributed by atoms with E-state index in [9.17, 15) is 14.7 Å².